The molecular formula is C19H16N4O2S. The van der Waals surface area contributed by atoms with Gasteiger partial charge in [-0.1, -0.05) is 24.4 Å². The van der Waals surface area contributed by atoms with Gasteiger partial charge in [-0.3, -0.25) is 9.59 Å². The number of aromatic nitrogens is 2. The van der Waals surface area contributed by atoms with Gasteiger partial charge in [0.1, 0.15) is 4.99 Å². The van der Waals surface area contributed by atoms with Gasteiger partial charge in [0.2, 0.25) is 5.78 Å². The van der Waals surface area contributed by atoms with Crippen molar-refractivity contribution in [2.24, 2.45) is 12.8 Å². The number of thiocarbonyl (C=S) groups is 1. The molecule has 1 heterocycles. The second-order valence-electron chi connectivity index (χ2n) is 5.66. The highest BCUT2D eigenvalue weighted by Crippen LogP contribution is 2.14. The molecular weight excluding hydrogens is 348 g/mol. The van der Waals surface area contributed by atoms with E-state index in [1.165, 1.54) is 0 Å². The van der Waals surface area contributed by atoms with Gasteiger partial charge in [-0.05, 0) is 36.4 Å². The van der Waals surface area contributed by atoms with Gasteiger partial charge in [0.25, 0.3) is 5.91 Å². The van der Waals surface area contributed by atoms with Crippen molar-refractivity contribution >= 4 is 34.6 Å². The number of anilines is 1. The molecule has 1 amide bonds. The minimum Gasteiger partial charge on any atom is -0.389 e. The van der Waals surface area contributed by atoms with Crippen LogP contribution in [0.3, 0.4) is 0 Å². The Hall–Kier alpha value is -3.32. The number of ketones is 1. The van der Waals surface area contributed by atoms with Crippen molar-refractivity contribution in [3.8, 4) is 0 Å². The zero-order valence-corrected chi connectivity index (χ0v) is 14.8. The van der Waals surface area contributed by atoms with Crippen molar-refractivity contribution in [3.05, 3.63) is 83.4 Å². The predicted octanol–water partition coefficient (Wildman–Crippen LogP) is 2.54. The molecule has 0 aliphatic heterocycles. The number of hydrogen-bond donors (Lipinski definition) is 2. The van der Waals surface area contributed by atoms with Gasteiger partial charge in [0.05, 0.1) is 0 Å². The molecule has 0 saturated heterocycles. The van der Waals surface area contributed by atoms with E-state index in [-0.39, 0.29) is 16.7 Å². The van der Waals surface area contributed by atoms with E-state index >= 15 is 0 Å². The summed E-state index contributed by atoms with van der Waals surface area (Å²) >= 11 is 4.89. The third kappa shape index (κ3) is 3.68. The van der Waals surface area contributed by atoms with Gasteiger partial charge in [0.15, 0.2) is 5.82 Å². The molecule has 0 atom stereocenters. The van der Waals surface area contributed by atoms with Crippen LogP contribution in [0.2, 0.25) is 0 Å². The highest BCUT2D eigenvalue weighted by Gasteiger charge is 2.14. The molecule has 3 rings (SSSR count). The van der Waals surface area contributed by atoms with E-state index in [0.29, 0.717) is 28.2 Å². The highest BCUT2D eigenvalue weighted by atomic mass is 32.1. The monoisotopic (exact) mass is 364 g/mol. The maximum Gasteiger partial charge on any atom is 0.255 e. The summed E-state index contributed by atoms with van der Waals surface area (Å²) in [7, 11) is 1.76. The van der Waals surface area contributed by atoms with E-state index < -0.39 is 0 Å². The first kappa shape index (κ1) is 17.5. The average Bonchev–Trinajstić information content (AvgIpc) is 3.07. The zero-order valence-electron chi connectivity index (χ0n) is 14.0. The number of aryl methyl sites for hydroxylation is 1. The summed E-state index contributed by atoms with van der Waals surface area (Å²) in [6, 6.07) is 13.4. The third-order valence-corrected chi connectivity index (χ3v) is 4.10. The smallest absolute Gasteiger partial charge is 0.255 e. The molecule has 130 valence electrons. The van der Waals surface area contributed by atoms with Crippen molar-refractivity contribution < 1.29 is 9.59 Å². The minimum absolute atomic E-state index is 0.177. The fourth-order valence-corrected chi connectivity index (χ4v) is 2.54. The normalized spacial score (nSPS) is 10.3. The van der Waals surface area contributed by atoms with E-state index in [1.807, 2.05) is 0 Å². The Bertz CT molecular complexity index is 976. The van der Waals surface area contributed by atoms with Crippen molar-refractivity contribution in [3.63, 3.8) is 0 Å². The van der Waals surface area contributed by atoms with Crippen LogP contribution in [0.1, 0.15) is 32.1 Å². The van der Waals surface area contributed by atoms with Crippen LogP contribution in [0.25, 0.3) is 0 Å². The number of rotatable bonds is 5. The Morgan fingerprint density at radius 2 is 1.58 bits per heavy atom. The summed E-state index contributed by atoms with van der Waals surface area (Å²) in [6.07, 6.45) is 3.29. The van der Waals surface area contributed by atoms with Crippen LogP contribution < -0.4 is 11.1 Å². The summed E-state index contributed by atoms with van der Waals surface area (Å²) in [4.78, 5) is 29.0. The van der Waals surface area contributed by atoms with Crippen LogP contribution >= 0.6 is 12.2 Å². The molecule has 6 nitrogen and oxygen atoms in total. The van der Waals surface area contributed by atoms with Gasteiger partial charge in [0, 0.05) is 41.8 Å². The molecule has 1 aromatic heterocycles. The largest absolute Gasteiger partial charge is 0.389 e. The predicted molar refractivity (Wildman–Crippen MR) is 103 cm³/mol. The summed E-state index contributed by atoms with van der Waals surface area (Å²) in [6.45, 7) is 0. The van der Waals surface area contributed by atoms with Crippen LogP contribution in [0.5, 0.6) is 0 Å². The molecule has 0 bridgehead atoms. The summed E-state index contributed by atoms with van der Waals surface area (Å²) in [5.74, 6) is -0.0777. The van der Waals surface area contributed by atoms with Gasteiger partial charge < -0.3 is 15.6 Å². The van der Waals surface area contributed by atoms with Crippen molar-refractivity contribution in [2.75, 3.05) is 5.32 Å². The number of amides is 1. The number of imidazole rings is 1. The molecule has 2 aromatic carbocycles. The second kappa shape index (κ2) is 7.28. The minimum atomic E-state index is -0.261. The van der Waals surface area contributed by atoms with Crippen molar-refractivity contribution in [2.45, 2.75) is 0 Å². The van der Waals surface area contributed by atoms with Crippen LogP contribution in [0.4, 0.5) is 5.69 Å². The fraction of sp³-hybridized carbons (Fsp3) is 0.0526. The van der Waals surface area contributed by atoms with E-state index in [0.717, 1.165) is 0 Å². The Labute approximate surface area is 155 Å². The lowest BCUT2D eigenvalue weighted by molar-refractivity contribution is 0.102. The summed E-state index contributed by atoms with van der Waals surface area (Å²) < 4.78 is 1.66. The molecule has 3 aromatic rings. The Kier molecular flexibility index (Phi) is 4.90. The van der Waals surface area contributed by atoms with Crippen molar-refractivity contribution in [1.82, 2.24) is 9.55 Å². The summed E-state index contributed by atoms with van der Waals surface area (Å²) in [5, 5.41) is 2.78. The molecule has 0 unspecified atom stereocenters. The molecule has 0 fully saturated rings. The number of nitrogens with zero attached hydrogens (tertiary/aromatic N) is 2. The molecule has 0 radical (unpaired) electrons. The standard InChI is InChI=1S/C19H16N4O2S/c1-23-11-10-21-18(23)16(24)12-6-8-15(9-7-12)22-19(25)14-4-2-13(3-5-14)17(20)26/h2-11H,1H3,(H2,20,26)(H,22,25). The Morgan fingerprint density at radius 1 is 1.00 bits per heavy atom. The molecule has 7 heteroatoms. The molecule has 0 aliphatic rings. The number of carbonyl (C=O) groups is 2. The summed E-state index contributed by atoms with van der Waals surface area (Å²) in [5.41, 5.74) is 7.82. The van der Waals surface area contributed by atoms with Crippen molar-refractivity contribution in [1.29, 1.82) is 0 Å². The number of benzene rings is 2. The topological polar surface area (TPSA) is 90.0 Å². The Balaban J connectivity index is 1.71. The highest BCUT2D eigenvalue weighted by molar-refractivity contribution is 7.80. The van der Waals surface area contributed by atoms with Gasteiger partial charge >= 0.3 is 0 Å². The quantitative estimate of drug-likeness (QED) is 0.536. The lowest BCUT2D eigenvalue weighted by Gasteiger charge is -2.07. The number of nitrogens with one attached hydrogen (secondary N) is 1. The number of hydrogen-bond acceptors (Lipinski definition) is 4. The first-order chi connectivity index (χ1) is 12.5. The molecule has 0 saturated carbocycles. The lowest BCUT2D eigenvalue weighted by Crippen LogP contribution is -2.14. The van der Waals surface area contributed by atoms with E-state index in [4.69, 9.17) is 18.0 Å². The molecule has 3 N–H and O–H groups in total. The van der Waals surface area contributed by atoms with Crippen LogP contribution in [0.15, 0.2) is 60.9 Å². The van der Waals surface area contributed by atoms with E-state index in [1.54, 1.807) is 72.5 Å². The fourth-order valence-electron chi connectivity index (χ4n) is 2.41. The van der Waals surface area contributed by atoms with Gasteiger partial charge in [-0.15, -0.1) is 0 Å². The first-order valence-electron chi connectivity index (χ1n) is 7.79. The number of nitrogens with two attached hydrogens (primary N) is 1. The molecule has 26 heavy (non-hydrogen) atoms. The van der Waals surface area contributed by atoms with Gasteiger partial charge in [-0.25, -0.2) is 4.98 Å². The van der Waals surface area contributed by atoms with Crippen LogP contribution in [-0.4, -0.2) is 26.2 Å². The second-order valence-corrected chi connectivity index (χ2v) is 6.10. The van der Waals surface area contributed by atoms with Crippen LogP contribution in [-0.2, 0) is 7.05 Å². The lowest BCUT2D eigenvalue weighted by atomic mass is 10.1. The van der Waals surface area contributed by atoms with Crippen LogP contribution in [0, 0.1) is 0 Å². The van der Waals surface area contributed by atoms with E-state index in [2.05, 4.69) is 10.3 Å². The number of carbonyl (C=O) groups excluding carboxylic acids is 2. The Morgan fingerprint density at radius 3 is 2.12 bits per heavy atom. The average molecular weight is 364 g/mol. The van der Waals surface area contributed by atoms with Gasteiger partial charge in [-0.2, -0.15) is 0 Å². The zero-order chi connectivity index (χ0) is 18.7. The molecule has 0 spiro atoms. The maximum atomic E-state index is 12.4. The SMILES string of the molecule is Cn1ccnc1C(=O)c1ccc(NC(=O)c2ccc(C(N)=S)cc2)cc1. The van der Waals surface area contributed by atoms with E-state index in [9.17, 15) is 9.59 Å². The molecule has 0 aliphatic carbocycles. The first-order valence-corrected chi connectivity index (χ1v) is 8.20. The third-order valence-electron chi connectivity index (χ3n) is 3.86. The maximum absolute atomic E-state index is 12.4.